The van der Waals surface area contributed by atoms with Crippen LogP contribution in [0, 0.1) is 13.8 Å². The van der Waals surface area contributed by atoms with Gasteiger partial charge in [0.1, 0.15) is 0 Å². The maximum absolute atomic E-state index is 3.53. The molecule has 1 aromatic rings. The maximum Gasteiger partial charge on any atom is -0.0215 e. The lowest BCUT2D eigenvalue weighted by atomic mass is 10.1. The third-order valence-corrected chi connectivity index (χ3v) is 1.43. The van der Waals surface area contributed by atoms with Gasteiger partial charge < -0.3 is 0 Å². The minimum atomic E-state index is 1.37. The van der Waals surface area contributed by atoms with Gasteiger partial charge >= 0.3 is 0 Å². The minimum Gasteiger partial charge on any atom is -0.183 e. The van der Waals surface area contributed by atoms with Crippen LogP contribution in [0.4, 0.5) is 0 Å². The molecule has 1 aromatic carbocycles. The molecule has 12 heavy (non-hydrogen) atoms. The van der Waals surface area contributed by atoms with E-state index >= 15 is 0 Å². The molecule has 70 valence electrons. The zero-order valence-corrected chi connectivity index (χ0v) is 9.65. The van der Waals surface area contributed by atoms with Crippen molar-refractivity contribution in [1.29, 1.82) is 0 Å². The van der Waals surface area contributed by atoms with Crippen molar-refractivity contribution in [3.8, 4) is 0 Å². The van der Waals surface area contributed by atoms with Crippen molar-refractivity contribution >= 4 is 12.6 Å². The van der Waals surface area contributed by atoms with Crippen LogP contribution in [0.25, 0.3) is 0 Å². The fourth-order valence-electron chi connectivity index (χ4n) is 0.663. The second-order valence-electron chi connectivity index (χ2n) is 2.08. The fraction of sp³-hybridized carbons (Fsp3) is 0.455. The van der Waals surface area contributed by atoms with E-state index in [4.69, 9.17) is 0 Å². The van der Waals surface area contributed by atoms with Crippen molar-refractivity contribution in [3.05, 3.63) is 35.4 Å². The maximum atomic E-state index is 3.53. The highest BCUT2D eigenvalue weighted by Crippen LogP contribution is 2.02. The first-order valence-electron chi connectivity index (χ1n) is 4.27. The lowest BCUT2D eigenvalue weighted by Gasteiger charge is -1.93. The molecule has 0 saturated carbocycles. The van der Waals surface area contributed by atoms with Crippen LogP contribution in [-0.2, 0) is 0 Å². The Bertz CT molecular complexity index is 161. The molecular weight excluding hydrogens is 164 g/mol. The first-order valence-corrected chi connectivity index (χ1v) is 5.17. The van der Waals surface area contributed by atoms with Crippen LogP contribution in [0.1, 0.15) is 25.0 Å². The molecule has 0 aromatic heterocycles. The molecule has 1 rings (SSSR count). The van der Waals surface area contributed by atoms with Gasteiger partial charge in [-0.15, -0.1) is 0 Å². The predicted molar refractivity (Wildman–Crippen MR) is 62.2 cm³/mol. The molecule has 1 heteroatoms. The third kappa shape index (κ3) is 6.29. The zero-order chi connectivity index (χ0) is 9.98. The van der Waals surface area contributed by atoms with Crippen LogP contribution < -0.4 is 0 Å². The third-order valence-electron chi connectivity index (χ3n) is 1.43. The molecule has 0 atom stereocenters. The summed E-state index contributed by atoms with van der Waals surface area (Å²) < 4.78 is 0. The number of hydrogen-bond acceptors (Lipinski definition) is 1. The summed E-state index contributed by atoms with van der Waals surface area (Å²) >= 11 is 3.53. The highest BCUT2D eigenvalue weighted by Gasteiger charge is 1.83. The fourth-order valence-corrected chi connectivity index (χ4v) is 0.663. The van der Waals surface area contributed by atoms with Gasteiger partial charge in [-0.1, -0.05) is 38.1 Å². The van der Waals surface area contributed by atoms with Gasteiger partial charge in [0.2, 0.25) is 0 Å². The average Bonchev–Trinajstić information content (AvgIpc) is 2.17. The van der Waals surface area contributed by atoms with Crippen LogP contribution in [0.15, 0.2) is 24.3 Å². The van der Waals surface area contributed by atoms with E-state index in [1.807, 2.05) is 13.8 Å². The second kappa shape index (κ2) is 10.6. The molecule has 0 saturated heterocycles. The monoisotopic (exact) mass is 184 g/mol. The van der Waals surface area contributed by atoms with E-state index in [2.05, 4.69) is 50.7 Å². The van der Waals surface area contributed by atoms with Crippen molar-refractivity contribution in [2.24, 2.45) is 0 Å². The topological polar surface area (TPSA) is 0 Å². The summed E-state index contributed by atoms with van der Waals surface area (Å²) in [5.74, 6) is 0. The number of aryl methyl sites for hydroxylation is 2. The molecular formula is C11H20S. The van der Waals surface area contributed by atoms with E-state index in [0.717, 1.165) is 0 Å². The minimum absolute atomic E-state index is 1.37. The Balaban J connectivity index is 0. The van der Waals surface area contributed by atoms with Gasteiger partial charge in [-0.05, 0) is 31.2 Å². The molecule has 0 unspecified atom stereocenters. The lowest BCUT2D eigenvalue weighted by molar-refractivity contribution is 1.34. The summed E-state index contributed by atoms with van der Waals surface area (Å²) in [5, 5.41) is 0. The number of hydrogen-bond donors (Lipinski definition) is 1. The van der Waals surface area contributed by atoms with Crippen LogP contribution >= 0.6 is 12.6 Å². The smallest absolute Gasteiger partial charge is 0.0215 e. The van der Waals surface area contributed by atoms with Crippen molar-refractivity contribution in [2.45, 2.75) is 27.7 Å². The Morgan fingerprint density at radius 2 is 1.08 bits per heavy atom. The van der Waals surface area contributed by atoms with E-state index in [1.165, 1.54) is 11.1 Å². The normalized spacial score (nSPS) is 7.17. The first kappa shape index (κ1) is 14.1. The molecule has 0 aliphatic carbocycles. The van der Waals surface area contributed by atoms with E-state index in [-0.39, 0.29) is 0 Å². The number of benzene rings is 1. The number of thiol groups is 1. The van der Waals surface area contributed by atoms with Crippen LogP contribution in [0.5, 0.6) is 0 Å². The molecule has 0 radical (unpaired) electrons. The van der Waals surface area contributed by atoms with E-state index in [0.29, 0.717) is 0 Å². The van der Waals surface area contributed by atoms with Gasteiger partial charge in [-0.2, -0.15) is 12.6 Å². The summed E-state index contributed by atoms with van der Waals surface area (Å²) in [6, 6.07) is 8.36. The zero-order valence-electron chi connectivity index (χ0n) is 8.76. The molecule has 0 spiro atoms. The average molecular weight is 184 g/mol. The van der Waals surface area contributed by atoms with Gasteiger partial charge in [0.15, 0.2) is 0 Å². The summed E-state index contributed by atoms with van der Waals surface area (Å²) in [6.45, 7) is 8.24. The van der Waals surface area contributed by atoms with Crippen molar-refractivity contribution in [3.63, 3.8) is 0 Å². The predicted octanol–water partition coefficient (Wildman–Crippen LogP) is 3.88. The van der Waals surface area contributed by atoms with Crippen molar-refractivity contribution < 1.29 is 0 Å². The van der Waals surface area contributed by atoms with E-state index in [9.17, 15) is 0 Å². The number of rotatable bonds is 0. The summed E-state index contributed by atoms with van der Waals surface area (Å²) in [6.07, 6.45) is 1.69. The standard InChI is InChI=1S/C8H10.C2H6.CH4S/c1-7-5-3-4-6-8(7)2;2*1-2/h3-6H,1-2H3;1-2H3;2H,1H3. The van der Waals surface area contributed by atoms with Gasteiger partial charge in [0, 0.05) is 0 Å². The molecule has 0 aliphatic rings. The van der Waals surface area contributed by atoms with Crippen LogP contribution in [0.3, 0.4) is 0 Å². The second-order valence-corrected chi connectivity index (χ2v) is 2.08. The molecule has 0 nitrogen and oxygen atoms in total. The van der Waals surface area contributed by atoms with Gasteiger partial charge in [-0.25, -0.2) is 0 Å². The molecule has 0 amide bonds. The highest BCUT2D eigenvalue weighted by molar-refractivity contribution is 7.79. The molecule has 0 fully saturated rings. The SMILES string of the molecule is CC.CS.Cc1ccccc1C. The summed E-state index contributed by atoms with van der Waals surface area (Å²) in [7, 11) is 0. The molecule has 0 N–H and O–H groups in total. The Hall–Kier alpha value is -0.430. The molecule has 0 heterocycles. The first-order chi connectivity index (χ1) is 5.80. The lowest BCUT2D eigenvalue weighted by Crippen LogP contribution is -1.74. The Morgan fingerprint density at radius 1 is 0.833 bits per heavy atom. The highest BCUT2D eigenvalue weighted by atomic mass is 32.1. The van der Waals surface area contributed by atoms with Gasteiger partial charge in [-0.3, -0.25) is 0 Å². The quantitative estimate of drug-likeness (QED) is 0.581. The molecule has 0 bridgehead atoms. The Kier molecular flexibility index (Phi) is 12.4. The summed E-state index contributed by atoms with van der Waals surface area (Å²) in [5.41, 5.74) is 2.74. The Morgan fingerprint density at radius 3 is 1.25 bits per heavy atom. The van der Waals surface area contributed by atoms with Gasteiger partial charge in [0.25, 0.3) is 0 Å². The Labute approximate surface area is 82.4 Å². The van der Waals surface area contributed by atoms with Crippen molar-refractivity contribution in [2.75, 3.05) is 6.26 Å². The van der Waals surface area contributed by atoms with E-state index < -0.39 is 0 Å². The largest absolute Gasteiger partial charge is 0.183 e. The molecule has 0 aliphatic heterocycles. The summed E-state index contributed by atoms with van der Waals surface area (Å²) in [4.78, 5) is 0. The van der Waals surface area contributed by atoms with Crippen LogP contribution in [0.2, 0.25) is 0 Å². The van der Waals surface area contributed by atoms with Crippen molar-refractivity contribution in [1.82, 2.24) is 0 Å². The van der Waals surface area contributed by atoms with Crippen LogP contribution in [-0.4, -0.2) is 6.26 Å². The van der Waals surface area contributed by atoms with E-state index in [1.54, 1.807) is 6.26 Å². The van der Waals surface area contributed by atoms with Gasteiger partial charge in [0.05, 0.1) is 0 Å².